The van der Waals surface area contributed by atoms with Crippen molar-refractivity contribution in [2.75, 3.05) is 5.32 Å². The van der Waals surface area contributed by atoms with Crippen LogP contribution in [0.1, 0.15) is 16.8 Å². The monoisotopic (exact) mass is 333 g/mol. The highest BCUT2D eigenvalue weighted by Gasteiger charge is 2.12. The SMILES string of the molecule is Cc1cc(C)c2nc(NC(=O)Cn3c(C)csc3=O)sc2c1. The molecule has 2 aromatic heterocycles. The van der Waals surface area contributed by atoms with E-state index in [9.17, 15) is 9.59 Å². The van der Waals surface area contributed by atoms with Gasteiger partial charge >= 0.3 is 4.87 Å². The van der Waals surface area contributed by atoms with E-state index in [-0.39, 0.29) is 17.3 Å². The lowest BCUT2D eigenvalue weighted by Crippen LogP contribution is -2.25. The number of amides is 1. The number of thiazole rings is 2. The molecular weight excluding hydrogens is 318 g/mol. The smallest absolute Gasteiger partial charge is 0.300 e. The summed E-state index contributed by atoms with van der Waals surface area (Å²) in [6.07, 6.45) is 0. The largest absolute Gasteiger partial charge is 0.307 e. The Balaban J connectivity index is 1.82. The third-order valence-electron chi connectivity index (χ3n) is 3.35. The van der Waals surface area contributed by atoms with E-state index < -0.39 is 0 Å². The van der Waals surface area contributed by atoms with Gasteiger partial charge in [-0.2, -0.15) is 0 Å². The van der Waals surface area contributed by atoms with Gasteiger partial charge in [0.1, 0.15) is 6.54 Å². The molecule has 0 aliphatic carbocycles. The van der Waals surface area contributed by atoms with Crippen LogP contribution in [-0.2, 0) is 11.3 Å². The summed E-state index contributed by atoms with van der Waals surface area (Å²) in [4.78, 5) is 28.1. The Hall–Kier alpha value is -1.99. The van der Waals surface area contributed by atoms with Crippen LogP contribution in [0.5, 0.6) is 0 Å². The van der Waals surface area contributed by atoms with Gasteiger partial charge in [-0.1, -0.05) is 28.7 Å². The highest BCUT2D eigenvalue weighted by atomic mass is 32.1. The van der Waals surface area contributed by atoms with Gasteiger partial charge in [0.2, 0.25) is 5.91 Å². The van der Waals surface area contributed by atoms with Crippen molar-refractivity contribution in [3.63, 3.8) is 0 Å². The Kier molecular flexibility index (Phi) is 3.84. The van der Waals surface area contributed by atoms with E-state index in [0.29, 0.717) is 5.13 Å². The van der Waals surface area contributed by atoms with Crippen molar-refractivity contribution in [1.82, 2.24) is 9.55 Å². The zero-order chi connectivity index (χ0) is 15.9. The van der Waals surface area contributed by atoms with Gasteiger partial charge in [0.25, 0.3) is 0 Å². The van der Waals surface area contributed by atoms with E-state index in [4.69, 9.17) is 0 Å². The first-order chi connectivity index (χ1) is 10.4. The van der Waals surface area contributed by atoms with Crippen molar-refractivity contribution in [3.8, 4) is 0 Å². The maximum Gasteiger partial charge on any atom is 0.307 e. The van der Waals surface area contributed by atoms with E-state index >= 15 is 0 Å². The molecule has 1 aromatic carbocycles. The quantitative estimate of drug-likeness (QED) is 0.801. The molecule has 0 saturated heterocycles. The van der Waals surface area contributed by atoms with Gasteiger partial charge in [0, 0.05) is 11.1 Å². The Morgan fingerprint density at radius 3 is 2.77 bits per heavy atom. The van der Waals surface area contributed by atoms with Crippen LogP contribution in [0.3, 0.4) is 0 Å². The van der Waals surface area contributed by atoms with Crippen LogP contribution in [0.4, 0.5) is 5.13 Å². The summed E-state index contributed by atoms with van der Waals surface area (Å²) in [6.45, 7) is 5.88. The van der Waals surface area contributed by atoms with E-state index in [1.54, 1.807) is 5.38 Å². The molecule has 0 radical (unpaired) electrons. The first-order valence-corrected chi connectivity index (χ1v) is 8.46. The van der Waals surface area contributed by atoms with Crippen LogP contribution < -0.4 is 10.2 Å². The number of benzene rings is 1. The lowest BCUT2D eigenvalue weighted by Gasteiger charge is -2.03. The number of rotatable bonds is 3. The Morgan fingerprint density at radius 1 is 1.32 bits per heavy atom. The summed E-state index contributed by atoms with van der Waals surface area (Å²) in [7, 11) is 0. The average molecular weight is 333 g/mol. The Bertz CT molecular complexity index is 921. The number of nitrogens with zero attached hydrogens (tertiary/aromatic N) is 2. The van der Waals surface area contributed by atoms with Crippen LogP contribution in [0.2, 0.25) is 0 Å². The molecule has 1 amide bonds. The summed E-state index contributed by atoms with van der Waals surface area (Å²) >= 11 is 2.55. The number of anilines is 1. The van der Waals surface area contributed by atoms with Crippen LogP contribution in [-0.4, -0.2) is 15.5 Å². The molecule has 7 heteroatoms. The van der Waals surface area contributed by atoms with Crippen molar-refractivity contribution >= 4 is 43.9 Å². The van der Waals surface area contributed by atoms with Crippen LogP contribution in [0.25, 0.3) is 10.2 Å². The molecule has 0 aliphatic heterocycles. The number of hydrogen-bond donors (Lipinski definition) is 1. The predicted octanol–water partition coefficient (Wildman–Crippen LogP) is 3.08. The highest BCUT2D eigenvalue weighted by molar-refractivity contribution is 7.22. The number of carbonyl (C=O) groups is 1. The zero-order valence-electron chi connectivity index (χ0n) is 12.5. The Morgan fingerprint density at radius 2 is 2.09 bits per heavy atom. The molecule has 5 nitrogen and oxygen atoms in total. The maximum atomic E-state index is 12.1. The minimum atomic E-state index is -0.239. The van der Waals surface area contributed by atoms with Crippen molar-refractivity contribution in [2.24, 2.45) is 0 Å². The van der Waals surface area contributed by atoms with Gasteiger partial charge in [-0.3, -0.25) is 14.2 Å². The molecule has 0 atom stereocenters. The van der Waals surface area contributed by atoms with Gasteiger partial charge in [-0.15, -0.1) is 0 Å². The minimum Gasteiger partial charge on any atom is -0.300 e. The molecule has 2 heterocycles. The molecule has 114 valence electrons. The normalized spacial score (nSPS) is 11.0. The van der Waals surface area contributed by atoms with Gasteiger partial charge in [-0.05, 0) is 38.0 Å². The lowest BCUT2D eigenvalue weighted by molar-refractivity contribution is -0.116. The molecule has 1 N–H and O–H groups in total. The summed E-state index contributed by atoms with van der Waals surface area (Å²) < 4.78 is 2.51. The van der Waals surface area contributed by atoms with E-state index in [1.165, 1.54) is 21.5 Å². The maximum absolute atomic E-state index is 12.1. The number of aryl methyl sites for hydroxylation is 3. The summed E-state index contributed by atoms with van der Waals surface area (Å²) in [5.74, 6) is -0.239. The third-order valence-corrected chi connectivity index (χ3v) is 5.15. The number of nitrogens with one attached hydrogen (secondary N) is 1. The Labute approximate surface area is 135 Å². The van der Waals surface area contributed by atoms with Gasteiger partial charge in [0.05, 0.1) is 10.2 Å². The number of aromatic nitrogens is 2. The van der Waals surface area contributed by atoms with Crippen molar-refractivity contribution < 1.29 is 4.79 Å². The molecule has 0 saturated carbocycles. The second-order valence-corrected chi connectivity index (χ2v) is 7.08. The summed E-state index contributed by atoms with van der Waals surface area (Å²) in [5, 5.41) is 5.10. The number of fused-ring (bicyclic) bond motifs is 1. The second kappa shape index (κ2) is 5.66. The molecule has 0 aliphatic rings. The highest BCUT2D eigenvalue weighted by Crippen LogP contribution is 2.29. The molecule has 0 bridgehead atoms. The van der Waals surface area contributed by atoms with Gasteiger partial charge < -0.3 is 5.32 Å². The first-order valence-electron chi connectivity index (χ1n) is 6.76. The van der Waals surface area contributed by atoms with Crippen LogP contribution in [0.15, 0.2) is 22.3 Å². The molecular formula is C15H15N3O2S2. The third kappa shape index (κ3) is 2.82. The first kappa shape index (κ1) is 14.9. The van der Waals surface area contributed by atoms with Crippen molar-refractivity contribution in [2.45, 2.75) is 27.3 Å². The molecule has 0 spiro atoms. The average Bonchev–Trinajstić information content (AvgIpc) is 2.96. The standard InChI is InChI=1S/C15H15N3O2S2/c1-8-4-9(2)13-11(5-8)22-14(17-13)16-12(19)6-18-10(3)7-21-15(18)20/h4-5,7H,6H2,1-3H3,(H,16,17,19). The van der Waals surface area contributed by atoms with Crippen molar-refractivity contribution in [3.05, 3.63) is 44.0 Å². The fourth-order valence-electron chi connectivity index (χ4n) is 2.32. The topological polar surface area (TPSA) is 64.0 Å². The summed E-state index contributed by atoms with van der Waals surface area (Å²) in [6, 6.07) is 4.13. The molecule has 3 rings (SSSR count). The van der Waals surface area contributed by atoms with Crippen LogP contribution >= 0.6 is 22.7 Å². The molecule has 0 fully saturated rings. The number of carbonyl (C=O) groups excluding carboxylic acids is 1. The fourth-order valence-corrected chi connectivity index (χ4v) is 4.12. The van der Waals surface area contributed by atoms with E-state index in [0.717, 1.165) is 32.8 Å². The van der Waals surface area contributed by atoms with E-state index in [2.05, 4.69) is 22.4 Å². The van der Waals surface area contributed by atoms with Gasteiger partial charge in [-0.25, -0.2) is 4.98 Å². The van der Waals surface area contributed by atoms with Gasteiger partial charge in [0.15, 0.2) is 5.13 Å². The fraction of sp³-hybridized carbons (Fsp3) is 0.267. The lowest BCUT2D eigenvalue weighted by atomic mass is 10.1. The molecule has 22 heavy (non-hydrogen) atoms. The molecule has 3 aromatic rings. The molecule has 0 unspecified atom stereocenters. The zero-order valence-corrected chi connectivity index (χ0v) is 14.1. The van der Waals surface area contributed by atoms with Crippen molar-refractivity contribution in [1.29, 1.82) is 0 Å². The van der Waals surface area contributed by atoms with Crippen LogP contribution in [0, 0.1) is 20.8 Å². The summed E-state index contributed by atoms with van der Waals surface area (Å²) in [5.41, 5.74) is 3.97. The number of hydrogen-bond acceptors (Lipinski definition) is 5. The second-order valence-electron chi connectivity index (χ2n) is 5.22. The predicted molar refractivity (Wildman–Crippen MR) is 91.0 cm³/mol. The van der Waals surface area contributed by atoms with E-state index in [1.807, 2.05) is 20.8 Å². The minimum absolute atomic E-state index is 0.0160.